The van der Waals surface area contributed by atoms with Crippen molar-refractivity contribution in [1.29, 1.82) is 0 Å². The Morgan fingerprint density at radius 3 is 2.45 bits per heavy atom. The van der Waals surface area contributed by atoms with Crippen molar-refractivity contribution >= 4 is 33.0 Å². The van der Waals surface area contributed by atoms with Crippen LogP contribution in [0, 0.1) is 11.8 Å². The van der Waals surface area contributed by atoms with Crippen LogP contribution in [0.5, 0.6) is 0 Å². The van der Waals surface area contributed by atoms with Crippen molar-refractivity contribution in [2.24, 2.45) is 11.8 Å². The first-order valence-corrected chi connectivity index (χ1v) is 9.93. The second-order valence-corrected chi connectivity index (χ2v) is 9.46. The van der Waals surface area contributed by atoms with Crippen LogP contribution in [0.25, 0.3) is 10.4 Å². The van der Waals surface area contributed by atoms with E-state index in [1.54, 1.807) is 18.2 Å². The number of rotatable bonds is 5. The van der Waals surface area contributed by atoms with Crippen LogP contribution in [0.4, 0.5) is 0 Å². The standard InChI is InChI=1S/C16H18ClNO2S2/c1-10(2)13-9-14(13)18-22(19,20)16-8-7-15(21-16)11-3-5-12(17)6-4-11/h3-8,10,13-14,18H,9H2,1-2H3/t13-,14+/m0/s1. The van der Waals surface area contributed by atoms with E-state index in [1.807, 2.05) is 18.2 Å². The number of nitrogens with one attached hydrogen (secondary N) is 1. The van der Waals surface area contributed by atoms with Crippen LogP contribution in [0.2, 0.25) is 5.02 Å². The fourth-order valence-electron chi connectivity index (χ4n) is 2.58. The molecule has 1 aromatic heterocycles. The van der Waals surface area contributed by atoms with Gasteiger partial charge in [0.05, 0.1) is 0 Å². The van der Waals surface area contributed by atoms with Crippen molar-refractivity contribution in [3.63, 3.8) is 0 Å². The lowest BCUT2D eigenvalue weighted by molar-refractivity contribution is 0.529. The van der Waals surface area contributed by atoms with Gasteiger partial charge in [0, 0.05) is 15.9 Å². The summed E-state index contributed by atoms with van der Waals surface area (Å²) in [4.78, 5) is 0.924. The van der Waals surface area contributed by atoms with Gasteiger partial charge in [-0.15, -0.1) is 11.3 Å². The van der Waals surface area contributed by atoms with Gasteiger partial charge in [0.15, 0.2) is 0 Å². The molecule has 118 valence electrons. The lowest BCUT2D eigenvalue weighted by atomic mass is 10.1. The molecule has 1 fully saturated rings. The van der Waals surface area contributed by atoms with Gasteiger partial charge in [-0.05, 0) is 48.1 Å². The summed E-state index contributed by atoms with van der Waals surface area (Å²) in [5.41, 5.74) is 0.974. The Morgan fingerprint density at radius 2 is 1.86 bits per heavy atom. The van der Waals surface area contributed by atoms with E-state index in [1.165, 1.54) is 11.3 Å². The van der Waals surface area contributed by atoms with Crippen molar-refractivity contribution in [1.82, 2.24) is 4.72 Å². The number of halogens is 1. The van der Waals surface area contributed by atoms with Crippen molar-refractivity contribution in [3.05, 3.63) is 41.4 Å². The molecule has 0 radical (unpaired) electrons. The molecule has 1 aromatic carbocycles. The van der Waals surface area contributed by atoms with Gasteiger partial charge in [-0.2, -0.15) is 0 Å². The number of benzene rings is 1. The lowest BCUT2D eigenvalue weighted by Crippen LogP contribution is -2.27. The zero-order valence-electron chi connectivity index (χ0n) is 12.4. The van der Waals surface area contributed by atoms with Gasteiger partial charge in [-0.3, -0.25) is 0 Å². The molecule has 2 aromatic rings. The first kappa shape index (κ1) is 16.0. The van der Waals surface area contributed by atoms with Crippen molar-refractivity contribution in [2.45, 2.75) is 30.5 Å². The van der Waals surface area contributed by atoms with E-state index in [-0.39, 0.29) is 6.04 Å². The van der Waals surface area contributed by atoms with E-state index >= 15 is 0 Å². The Balaban J connectivity index is 1.77. The molecule has 6 heteroatoms. The van der Waals surface area contributed by atoms with E-state index in [2.05, 4.69) is 18.6 Å². The smallest absolute Gasteiger partial charge is 0.207 e. The van der Waals surface area contributed by atoms with E-state index in [0.717, 1.165) is 16.9 Å². The highest BCUT2D eigenvalue weighted by Gasteiger charge is 2.42. The second-order valence-electron chi connectivity index (χ2n) is 6.00. The first-order chi connectivity index (χ1) is 10.4. The van der Waals surface area contributed by atoms with Crippen molar-refractivity contribution in [2.75, 3.05) is 0 Å². The fourth-order valence-corrected chi connectivity index (χ4v) is 5.33. The quantitative estimate of drug-likeness (QED) is 0.864. The molecule has 3 rings (SSSR count). The third-order valence-corrected chi connectivity index (χ3v) is 7.35. The Kier molecular flexibility index (Phi) is 4.34. The van der Waals surface area contributed by atoms with Gasteiger partial charge in [0.25, 0.3) is 0 Å². The molecule has 0 bridgehead atoms. The molecule has 1 aliphatic carbocycles. The largest absolute Gasteiger partial charge is 0.250 e. The summed E-state index contributed by atoms with van der Waals surface area (Å²) in [5.74, 6) is 0.978. The Hall–Kier alpha value is -0.880. The predicted octanol–water partition coefficient (Wildman–Crippen LogP) is 4.39. The minimum Gasteiger partial charge on any atom is -0.207 e. The lowest BCUT2D eigenvalue weighted by Gasteiger charge is -2.06. The molecule has 1 heterocycles. The van der Waals surface area contributed by atoms with Crippen LogP contribution in [-0.2, 0) is 10.0 Å². The maximum atomic E-state index is 12.4. The summed E-state index contributed by atoms with van der Waals surface area (Å²) in [7, 11) is -3.42. The molecular formula is C16H18ClNO2S2. The molecule has 3 nitrogen and oxygen atoms in total. The summed E-state index contributed by atoms with van der Waals surface area (Å²) in [5, 5.41) is 0.670. The minimum atomic E-state index is -3.42. The van der Waals surface area contributed by atoms with Gasteiger partial charge in [-0.25, -0.2) is 13.1 Å². The van der Waals surface area contributed by atoms with E-state index < -0.39 is 10.0 Å². The van der Waals surface area contributed by atoms with E-state index in [0.29, 0.717) is 21.1 Å². The highest BCUT2D eigenvalue weighted by Crippen LogP contribution is 2.39. The van der Waals surface area contributed by atoms with Gasteiger partial charge in [0.1, 0.15) is 4.21 Å². The zero-order valence-corrected chi connectivity index (χ0v) is 14.8. The van der Waals surface area contributed by atoms with Crippen LogP contribution in [0.1, 0.15) is 20.3 Å². The Morgan fingerprint density at radius 1 is 1.18 bits per heavy atom. The highest BCUT2D eigenvalue weighted by molar-refractivity contribution is 7.91. The Labute approximate surface area is 140 Å². The second kappa shape index (κ2) is 5.96. The monoisotopic (exact) mass is 355 g/mol. The van der Waals surface area contributed by atoms with E-state index in [9.17, 15) is 8.42 Å². The SMILES string of the molecule is CC(C)[C@@H]1C[C@H]1NS(=O)(=O)c1ccc(-c2ccc(Cl)cc2)s1. The van der Waals surface area contributed by atoms with Crippen molar-refractivity contribution < 1.29 is 8.42 Å². The first-order valence-electron chi connectivity index (χ1n) is 7.25. The molecule has 1 saturated carbocycles. The van der Waals surface area contributed by atoms with Crippen LogP contribution >= 0.6 is 22.9 Å². The summed E-state index contributed by atoms with van der Waals surface area (Å²) in [6, 6.07) is 11.0. The highest BCUT2D eigenvalue weighted by atomic mass is 35.5. The molecule has 0 unspecified atom stereocenters. The molecule has 2 atom stereocenters. The van der Waals surface area contributed by atoms with Gasteiger partial charge in [-0.1, -0.05) is 37.6 Å². The third kappa shape index (κ3) is 3.38. The normalized spacial score (nSPS) is 21.3. The van der Waals surface area contributed by atoms with Gasteiger partial charge in [0.2, 0.25) is 10.0 Å². The summed E-state index contributed by atoms with van der Waals surface area (Å²) in [6.45, 7) is 4.26. The summed E-state index contributed by atoms with van der Waals surface area (Å²) in [6.07, 6.45) is 0.937. The maximum absolute atomic E-state index is 12.4. The van der Waals surface area contributed by atoms with Crippen LogP contribution in [0.3, 0.4) is 0 Å². The van der Waals surface area contributed by atoms with Crippen LogP contribution in [-0.4, -0.2) is 14.5 Å². The van der Waals surface area contributed by atoms with Crippen molar-refractivity contribution in [3.8, 4) is 10.4 Å². The molecule has 1 N–H and O–H groups in total. The molecule has 22 heavy (non-hydrogen) atoms. The van der Waals surface area contributed by atoms with E-state index in [4.69, 9.17) is 11.6 Å². The minimum absolute atomic E-state index is 0.0890. The fraction of sp³-hybridized carbons (Fsp3) is 0.375. The average Bonchev–Trinajstić information content (AvgIpc) is 3.02. The number of thiophene rings is 1. The molecule has 1 aliphatic rings. The molecule has 0 spiro atoms. The number of hydrogen-bond donors (Lipinski definition) is 1. The average molecular weight is 356 g/mol. The van der Waals surface area contributed by atoms with Crippen LogP contribution in [0.15, 0.2) is 40.6 Å². The summed E-state index contributed by atoms with van der Waals surface area (Å²) >= 11 is 7.16. The topological polar surface area (TPSA) is 46.2 Å². The van der Waals surface area contributed by atoms with Gasteiger partial charge >= 0.3 is 0 Å². The Bertz CT molecular complexity index is 766. The molecule has 0 amide bonds. The summed E-state index contributed by atoms with van der Waals surface area (Å²) < 4.78 is 28.0. The van der Waals surface area contributed by atoms with Gasteiger partial charge < -0.3 is 0 Å². The predicted molar refractivity (Wildman–Crippen MR) is 91.8 cm³/mol. The third-order valence-electron chi connectivity index (χ3n) is 3.98. The zero-order chi connectivity index (χ0) is 15.9. The number of sulfonamides is 1. The maximum Gasteiger partial charge on any atom is 0.250 e. The molecular weight excluding hydrogens is 338 g/mol. The number of hydrogen-bond acceptors (Lipinski definition) is 3. The van der Waals surface area contributed by atoms with Crippen LogP contribution < -0.4 is 4.72 Å². The molecule has 0 aliphatic heterocycles. The molecule has 0 saturated heterocycles.